The van der Waals surface area contributed by atoms with Crippen LogP contribution < -0.4 is 11.1 Å². The summed E-state index contributed by atoms with van der Waals surface area (Å²) in [5.41, 5.74) is 6.22. The second-order valence-electron chi connectivity index (χ2n) is 4.48. The summed E-state index contributed by atoms with van der Waals surface area (Å²) in [6.07, 6.45) is 4.02. The van der Waals surface area contributed by atoms with Crippen LogP contribution in [0.15, 0.2) is 12.3 Å². The van der Waals surface area contributed by atoms with Crippen LogP contribution >= 0.6 is 11.6 Å². The number of halogens is 1. The fourth-order valence-electron chi connectivity index (χ4n) is 2.21. The van der Waals surface area contributed by atoms with Crippen LogP contribution in [0.3, 0.4) is 0 Å². The van der Waals surface area contributed by atoms with Crippen molar-refractivity contribution >= 4 is 23.1 Å². The zero-order valence-corrected chi connectivity index (χ0v) is 10.9. The molecule has 1 aliphatic rings. The molecular formula is C12H19ClN4. The number of nitrogens with two attached hydrogens (primary N) is 1. The highest BCUT2D eigenvalue weighted by molar-refractivity contribution is 6.33. The normalized spacial score (nSPS) is 21.4. The summed E-state index contributed by atoms with van der Waals surface area (Å²) in [5.74, 6) is 0.740. The molecule has 5 heteroatoms. The smallest absolute Gasteiger partial charge is 0.145 e. The topological polar surface area (TPSA) is 54.2 Å². The maximum Gasteiger partial charge on any atom is 0.145 e. The monoisotopic (exact) mass is 254 g/mol. The fourth-order valence-corrected chi connectivity index (χ4v) is 2.44. The largest absolute Gasteiger partial charge is 0.397 e. The molecule has 1 aromatic heterocycles. The van der Waals surface area contributed by atoms with E-state index in [0.29, 0.717) is 16.8 Å². The van der Waals surface area contributed by atoms with Gasteiger partial charge in [0.25, 0.3) is 0 Å². The van der Waals surface area contributed by atoms with E-state index in [0.717, 1.165) is 18.9 Å². The molecule has 0 bridgehead atoms. The van der Waals surface area contributed by atoms with Gasteiger partial charge in [-0.2, -0.15) is 0 Å². The van der Waals surface area contributed by atoms with Gasteiger partial charge in [0.2, 0.25) is 0 Å². The maximum absolute atomic E-state index is 6.10. The van der Waals surface area contributed by atoms with Crippen LogP contribution in [-0.2, 0) is 0 Å². The number of rotatable bonds is 3. The van der Waals surface area contributed by atoms with Crippen LogP contribution in [-0.4, -0.2) is 35.6 Å². The number of pyridine rings is 1. The molecule has 1 saturated heterocycles. The van der Waals surface area contributed by atoms with Crippen molar-refractivity contribution in [1.82, 2.24) is 9.88 Å². The lowest BCUT2D eigenvalue weighted by atomic mass is 10.1. The van der Waals surface area contributed by atoms with E-state index in [4.69, 9.17) is 17.3 Å². The van der Waals surface area contributed by atoms with Crippen molar-refractivity contribution in [2.45, 2.75) is 25.8 Å². The van der Waals surface area contributed by atoms with Crippen molar-refractivity contribution in [1.29, 1.82) is 0 Å². The zero-order chi connectivity index (χ0) is 12.3. The summed E-state index contributed by atoms with van der Waals surface area (Å²) in [7, 11) is 0. The first-order valence-electron chi connectivity index (χ1n) is 6.09. The average molecular weight is 255 g/mol. The molecule has 0 saturated carbocycles. The Morgan fingerprint density at radius 2 is 2.47 bits per heavy atom. The Bertz CT molecular complexity index is 383. The van der Waals surface area contributed by atoms with E-state index in [9.17, 15) is 0 Å². The number of aromatic nitrogens is 1. The minimum absolute atomic E-state index is 0.428. The van der Waals surface area contributed by atoms with E-state index in [2.05, 4.69) is 22.1 Å². The molecule has 17 heavy (non-hydrogen) atoms. The number of anilines is 2. The van der Waals surface area contributed by atoms with Crippen molar-refractivity contribution in [2.24, 2.45) is 0 Å². The maximum atomic E-state index is 6.10. The number of nitrogens with one attached hydrogen (secondary N) is 1. The molecule has 0 aromatic carbocycles. The summed E-state index contributed by atoms with van der Waals surface area (Å²) in [6.45, 7) is 5.54. The van der Waals surface area contributed by atoms with Gasteiger partial charge in [-0.3, -0.25) is 0 Å². The van der Waals surface area contributed by atoms with Gasteiger partial charge in [-0.15, -0.1) is 0 Å². The van der Waals surface area contributed by atoms with Gasteiger partial charge in [0.15, 0.2) is 0 Å². The Morgan fingerprint density at radius 3 is 3.18 bits per heavy atom. The number of nitrogen functional groups attached to an aromatic ring is 1. The SMILES string of the molecule is CCN1CCCC(Nc2ncc(N)cc2Cl)C1. The van der Waals surface area contributed by atoms with E-state index in [1.807, 2.05) is 0 Å². The lowest BCUT2D eigenvalue weighted by Gasteiger charge is -2.32. The van der Waals surface area contributed by atoms with Gasteiger partial charge in [-0.25, -0.2) is 4.98 Å². The third kappa shape index (κ3) is 3.23. The minimum atomic E-state index is 0.428. The third-order valence-corrected chi connectivity index (χ3v) is 3.44. The molecule has 1 atom stereocenters. The van der Waals surface area contributed by atoms with Crippen molar-refractivity contribution < 1.29 is 0 Å². The van der Waals surface area contributed by atoms with Crippen molar-refractivity contribution in [2.75, 3.05) is 30.7 Å². The Kier molecular flexibility index (Phi) is 4.07. The second kappa shape index (κ2) is 5.56. The summed E-state index contributed by atoms with van der Waals surface area (Å²) in [5, 5.41) is 4.00. The molecular weight excluding hydrogens is 236 g/mol. The number of likely N-dealkylation sites (tertiary alicyclic amines) is 1. The first-order chi connectivity index (χ1) is 8.19. The Hall–Kier alpha value is -1.00. The Balaban J connectivity index is 2.00. The summed E-state index contributed by atoms with van der Waals surface area (Å²) >= 11 is 6.10. The van der Waals surface area contributed by atoms with Crippen molar-refractivity contribution in [3.63, 3.8) is 0 Å². The predicted octanol–water partition coefficient (Wildman–Crippen LogP) is 2.21. The molecule has 3 N–H and O–H groups in total. The number of hydrogen-bond acceptors (Lipinski definition) is 4. The Labute approximate surface area is 107 Å². The molecule has 1 fully saturated rings. The highest BCUT2D eigenvalue weighted by Gasteiger charge is 2.19. The summed E-state index contributed by atoms with van der Waals surface area (Å²) in [4.78, 5) is 6.67. The Morgan fingerprint density at radius 1 is 1.65 bits per heavy atom. The molecule has 0 spiro atoms. The molecule has 94 valence electrons. The predicted molar refractivity (Wildman–Crippen MR) is 72.4 cm³/mol. The molecule has 1 aliphatic heterocycles. The molecule has 0 radical (unpaired) electrons. The quantitative estimate of drug-likeness (QED) is 0.869. The highest BCUT2D eigenvalue weighted by Crippen LogP contribution is 2.23. The number of nitrogens with zero attached hydrogens (tertiary/aromatic N) is 2. The standard InChI is InChI=1S/C12H19ClN4/c1-2-17-5-3-4-10(8-17)16-12-11(13)6-9(14)7-15-12/h6-7,10H,2-5,8,14H2,1H3,(H,15,16). The number of piperidine rings is 1. The van der Waals surface area contributed by atoms with Crippen LogP contribution in [0, 0.1) is 0 Å². The fraction of sp³-hybridized carbons (Fsp3) is 0.583. The van der Waals surface area contributed by atoms with Gasteiger partial charge < -0.3 is 16.0 Å². The molecule has 4 nitrogen and oxygen atoms in total. The highest BCUT2D eigenvalue weighted by atomic mass is 35.5. The molecule has 0 amide bonds. The second-order valence-corrected chi connectivity index (χ2v) is 4.88. The molecule has 1 aromatic rings. The molecule has 2 heterocycles. The van der Waals surface area contributed by atoms with E-state index in [1.54, 1.807) is 12.3 Å². The van der Waals surface area contributed by atoms with Crippen LogP contribution in [0.5, 0.6) is 0 Å². The van der Waals surface area contributed by atoms with E-state index in [1.165, 1.54) is 19.4 Å². The molecule has 0 aliphatic carbocycles. The zero-order valence-electron chi connectivity index (χ0n) is 10.1. The van der Waals surface area contributed by atoms with Gasteiger partial charge in [0.1, 0.15) is 5.82 Å². The summed E-state index contributed by atoms with van der Waals surface area (Å²) < 4.78 is 0. The van der Waals surface area contributed by atoms with E-state index < -0.39 is 0 Å². The van der Waals surface area contributed by atoms with Crippen LogP contribution in [0.2, 0.25) is 5.02 Å². The van der Waals surface area contributed by atoms with Gasteiger partial charge in [-0.05, 0) is 32.0 Å². The van der Waals surface area contributed by atoms with Gasteiger partial charge in [-0.1, -0.05) is 18.5 Å². The van der Waals surface area contributed by atoms with Crippen molar-refractivity contribution in [3.8, 4) is 0 Å². The first kappa shape index (κ1) is 12.5. The number of likely N-dealkylation sites (N-methyl/N-ethyl adjacent to an activating group) is 1. The molecule has 1 unspecified atom stereocenters. The minimum Gasteiger partial charge on any atom is -0.397 e. The average Bonchev–Trinajstić information content (AvgIpc) is 2.33. The van der Waals surface area contributed by atoms with E-state index >= 15 is 0 Å². The number of hydrogen-bond donors (Lipinski definition) is 2. The van der Waals surface area contributed by atoms with Gasteiger partial charge >= 0.3 is 0 Å². The van der Waals surface area contributed by atoms with Crippen LogP contribution in [0.4, 0.5) is 11.5 Å². The lowest BCUT2D eigenvalue weighted by Crippen LogP contribution is -2.42. The van der Waals surface area contributed by atoms with E-state index in [-0.39, 0.29) is 0 Å². The third-order valence-electron chi connectivity index (χ3n) is 3.16. The van der Waals surface area contributed by atoms with Crippen molar-refractivity contribution in [3.05, 3.63) is 17.3 Å². The van der Waals surface area contributed by atoms with Crippen LogP contribution in [0.1, 0.15) is 19.8 Å². The molecule has 2 rings (SSSR count). The van der Waals surface area contributed by atoms with Gasteiger partial charge in [0.05, 0.1) is 16.9 Å². The lowest BCUT2D eigenvalue weighted by molar-refractivity contribution is 0.226. The van der Waals surface area contributed by atoms with Crippen LogP contribution in [0.25, 0.3) is 0 Å². The first-order valence-corrected chi connectivity index (χ1v) is 6.46. The van der Waals surface area contributed by atoms with Gasteiger partial charge in [0, 0.05) is 12.6 Å². The summed E-state index contributed by atoms with van der Waals surface area (Å²) in [6, 6.07) is 2.16.